The smallest absolute Gasteiger partial charge is 0.267 e. The third-order valence-corrected chi connectivity index (χ3v) is 3.99. The number of nitrogens with zero attached hydrogens (tertiary/aromatic N) is 2. The number of aromatic nitrogens is 1. The van der Waals surface area contributed by atoms with Gasteiger partial charge >= 0.3 is 0 Å². The normalized spacial score (nSPS) is 15.7. The van der Waals surface area contributed by atoms with Crippen LogP contribution >= 0.6 is 11.3 Å². The van der Waals surface area contributed by atoms with Crippen LogP contribution < -0.4 is 16.4 Å². The predicted octanol–water partition coefficient (Wildman–Crippen LogP) is 0.509. The molecular weight excluding hydrogens is 278 g/mol. The Balaban J connectivity index is 2.07. The second-order valence-corrected chi connectivity index (χ2v) is 5.55. The first-order valence-electron chi connectivity index (χ1n) is 6.68. The van der Waals surface area contributed by atoms with Crippen molar-refractivity contribution < 1.29 is 9.59 Å². The number of carbonyl (C=O) groups is 2. The Labute approximate surface area is 121 Å². The molecule has 1 aromatic heterocycles. The lowest BCUT2D eigenvalue weighted by molar-refractivity contribution is -0.120. The molecule has 0 aromatic carbocycles. The first kappa shape index (κ1) is 14.6. The van der Waals surface area contributed by atoms with Crippen LogP contribution in [0.1, 0.15) is 29.4 Å². The summed E-state index contributed by atoms with van der Waals surface area (Å²) in [6.07, 6.45) is 1.30. The highest BCUT2D eigenvalue weighted by molar-refractivity contribution is 7.18. The number of nitrogens with two attached hydrogens (primary N) is 1. The van der Waals surface area contributed by atoms with Crippen LogP contribution in [-0.2, 0) is 4.79 Å². The molecule has 110 valence electrons. The molecule has 7 nitrogen and oxygen atoms in total. The first-order chi connectivity index (χ1) is 9.61. The molecule has 2 amide bonds. The maximum Gasteiger partial charge on any atom is 0.267 e. The predicted molar refractivity (Wildman–Crippen MR) is 78.8 cm³/mol. The third-order valence-electron chi connectivity index (χ3n) is 2.97. The number of hydrogen-bond donors (Lipinski definition) is 3. The topological polar surface area (TPSA) is 100 Å². The molecule has 8 heteroatoms. The largest absolute Gasteiger partial charge is 0.382 e. The molecule has 0 radical (unpaired) electrons. The lowest BCUT2D eigenvalue weighted by Crippen LogP contribution is -2.34. The minimum atomic E-state index is -0.152. The monoisotopic (exact) mass is 297 g/mol. The van der Waals surface area contributed by atoms with E-state index in [1.807, 2.05) is 0 Å². The van der Waals surface area contributed by atoms with E-state index >= 15 is 0 Å². The van der Waals surface area contributed by atoms with Crippen molar-refractivity contribution in [2.75, 3.05) is 37.2 Å². The molecule has 20 heavy (non-hydrogen) atoms. The van der Waals surface area contributed by atoms with Gasteiger partial charge < -0.3 is 21.3 Å². The Hall–Kier alpha value is -1.83. The number of thiazole rings is 1. The van der Waals surface area contributed by atoms with Crippen molar-refractivity contribution in [1.29, 1.82) is 0 Å². The second-order valence-electron chi connectivity index (χ2n) is 4.55. The Morgan fingerprint density at radius 3 is 3.10 bits per heavy atom. The molecular formula is C12H19N5O2S. The van der Waals surface area contributed by atoms with Gasteiger partial charge in [-0.2, -0.15) is 0 Å². The zero-order valence-corrected chi connectivity index (χ0v) is 12.3. The Morgan fingerprint density at radius 1 is 1.55 bits per heavy atom. The molecule has 0 bridgehead atoms. The number of hydrogen-bond acceptors (Lipinski definition) is 6. The zero-order chi connectivity index (χ0) is 14.5. The SMILES string of the molecule is CCCNc1nc(N)c(C(=O)N2CCNC(=O)CC2)s1. The van der Waals surface area contributed by atoms with Gasteiger partial charge in [0.25, 0.3) is 5.91 Å². The molecule has 0 saturated carbocycles. The van der Waals surface area contributed by atoms with Gasteiger partial charge in [0, 0.05) is 32.6 Å². The first-order valence-corrected chi connectivity index (χ1v) is 7.49. The van der Waals surface area contributed by atoms with Gasteiger partial charge in [0.1, 0.15) is 10.7 Å². The highest BCUT2D eigenvalue weighted by Crippen LogP contribution is 2.26. The Morgan fingerprint density at radius 2 is 2.35 bits per heavy atom. The Kier molecular flexibility index (Phi) is 4.78. The summed E-state index contributed by atoms with van der Waals surface area (Å²) < 4.78 is 0. The molecule has 0 spiro atoms. The summed E-state index contributed by atoms with van der Waals surface area (Å²) in [5.41, 5.74) is 5.82. The van der Waals surface area contributed by atoms with Crippen LogP contribution in [0.3, 0.4) is 0 Å². The van der Waals surface area contributed by atoms with Crippen LogP contribution in [0.2, 0.25) is 0 Å². The minimum Gasteiger partial charge on any atom is -0.382 e. The fourth-order valence-corrected chi connectivity index (χ4v) is 2.78. The maximum absolute atomic E-state index is 12.4. The summed E-state index contributed by atoms with van der Waals surface area (Å²) in [7, 11) is 0. The molecule has 0 unspecified atom stereocenters. The minimum absolute atomic E-state index is 0.0251. The summed E-state index contributed by atoms with van der Waals surface area (Å²) in [6.45, 7) is 4.24. The van der Waals surface area contributed by atoms with Gasteiger partial charge in [0.2, 0.25) is 5.91 Å². The van der Waals surface area contributed by atoms with Crippen LogP contribution in [0.5, 0.6) is 0 Å². The number of nitrogens with one attached hydrogen (secondary N) is 2. The van der Waals surface area contributed by atoms with Gasteiger partial charge in [-0.25, -0.2) is 4.98 Å². The number of carbonyl (C=O) groups excluding carboxylic acids is 2. The summed E-state index contributed by atoms with van der Waals surface area (Å²) in [6, 6.07) is 0. The van der Waals surface area contributed by atoms with Crippen molar-refractivity contribution in [1.82, 2.24) is 15.2 Å². The standard InChI is InChI=1S/C12H19N5O2S/c1-2-4-15-12-16-10(13)9(20-12)11(19)17-6-3-8(18)14-5-7-17/h2-7,13H2,1H3,(H,14,18)(H,15,16). The molecule has 1 saturated heterocycles. The fourth-order valence-electron chi connectivity index (χ4n) is 1.91. The van der Waals surface area contributed by atoms with Crippen molar-refractivity contribution in [3.8, 4) is 0 Å². The van der Waals surface area contributed by atoms with Crippen molar-refractivity contribution in [3.05, 3.63) is 4.88 Å². The van der Waals surface area contributed by atoms with E-state index in [2.05, 4.69) is 22.5 Å². The highest BCUT2D eigenvalue weighted by atomic mass is 32.1. The number of nitrogen functional groups attached to an aromatic ring is 1. The molecule has 1 aliphatic heterocycles. The van der Waals surface area contributed by atoms with Crippen LogP contribution in [0.4, 0.5) is 10.9 Å². The zero-order valence-electron chi connectivity index (χ0n) is 11.4. The molecule has 1 aliphatic rings. The van der Waals surface area contributed by atoms with E-state index in [1.165, 1.54) is 11.3 Å². The molecule has 2 rings (SSSR count). The van der Waals surface area contributed by atoms with Crippen LogP contribution in [-0.4, -0.2) is 47.9 Å². The summed E-state index contributed by atoms with van der Waals surface area (Å²) >= 11 is 1.27. The molecule has 1 fully saturated rings. The molecule has 1 aromatic rings. The van der Waals surface area contributed by atoms with Crippen molar-refractivity contribution in [3.63, 3.8) is 0 Å². The van der Waals surface area contributed by atoms with E-state index in [1.54, 1.807) is 4.90 Å². The average molecular weight is 297 g/mol. The average Bonchev–Trinajstić information content (AvgIpc) is 2.65. The fraction of sp³-hybridized carbons (Fsp3) is 0.583. The molecule has 4 N–H and O–H groups in total. The lowest BCUT2D eigenvalue weighted by Gasteiger charge is -2.18. The van der Waals surface area contributed by atoms with Crippen LogP contribution in [0, 0.1) is 0 Å². The van der Waals surface area contributed by atoms with E-state index < -0.39 is 0 Å². The summed E-state index contributed by atoms with van der Waals surface area (Å²) in [4.78, 5) is 29.9. The summed E-state index contributed by atoms with van der Waals surface area (Å²) in [5, 5.41) is 6.53. The van der Waals surface area contributed by atoms with Crippen molar-refractivity contribution >= 4 is 34.1 Å². The van der Waals surface area contributed by atoms with Gasteiger partial charge in [-0.3, -0.25) is 9.59 Å². The van der Waals surface area contributed by atoms with Gasteiger partial charge in [0.15, 0.2) is 5.13 Å². The van der Waals surface area contributed by atoms with Gasteiger partial charge in [-0.15, -0.1) is 0 Å². The third kappa shape index (κ3) is 3.38. The van der Waals surface area contributed by atoms with E-state index in [0.29, 0.717) is 36.1 Å². The van der Waals surface area contributed by atoms with Crippen molar-refractivity contribution in [2.45, 2.75) is 19.8 Å². The molecule has 0 atom stereocenters. The molecule has 0 aliphatic carbocycles. The second kappa shape index (κ2) is 6.56. The van der Waals surface area contributed by atoms with Crippen LogP contribution in [0.25, 0.3) is 0 Å². The Bertz CT molecular complexity index is 502. The van der Waals surface area contributed by atoms with Crippen LogP contribution in [0.15, 0.2) is 0 Å². The number of amides is 2. The van der Waals surface area contributed by atoms with E-state index in [-0.39, 0.29) is 17.6 Å². The van der Waals surface area contributed by atoms with Crippen molar-refractivity contribution in [2.24, 2.45) is 0 Å². The van der Waals surface area contributed by atoms with E-state index in [4.69, 9.17) is 5.73 Å². The maximum atomic E-state index is 12.4. The quantitative estimate of drug-likeness (QED) is 0.752. The summed E-state index contributed by atoms with van der Waals surface area (Å²) in [5.74, 6) is 0.0751. The van der Waals surface area contributed by atoms with E-state index in [0.717, 1.165) is 13.0 Å². The van der Waals surface area contributed by atoms with Gasteiger partial charge in [-0.05, 0) is 6.42 Å². The highest BCUT2D eigenvalue weighted by Gasteiger charge is 2.24. The lowest BCUT2D eigenvalue weighted by atomic mass is 10.3. The number of anilines is 2. The molecule has 2 heterocycles. The van der Waals surface area contributed by atoms with Gasteiger partial charge in [-0.1, -0.05) is 18.3 Å². The van der Waals surface area contributed by atoms with E-state index in [9.17, 15) is 9.59 Å². The number of rotatable bonds is 4. The van der Waals surface area contributed by atoms with Gasteiger partial charge in [0.05, 0.1) is 0 Å².